The molecule has 0 unspecified atom stereocenters. The van der Waals surface area contributed by atoms with Gasteiger partial charge in [0.2, 0.25) is 0 Å². The van der Waals surface area contributed by atoms with Crippen LogP contribution in [0.2, 0.25) is 0 Å². The summed E-state index contributed by atoms with van der Waals surface area (Å²) in [4.78, 5) is 14.1. The van der Waals surface area contributed by atoms with Gasteiger partial charge in [-0.3, -0.25) is 4.79 Å². The van der Waals surface area contributed by atoms with Crippen molar-refractivity contribution in [2.45, 2.75) is 38.5 Å². The van der Waals surface area contributed by atoms with Crippen LogP contribution in [-0.2, 0) is 0 Å². The van der Waals surface area contributed by atoms with Crippen LogP contribution in [0, 0.1) is 11.2 Å². The molecule has 1 aliphatic heterocycles. The smallest absolute Gasteiger partial charge is 0.256 e. The number of carbonyl (C=O) groups is 1. The van der Waals surface area contributed by atoms with Gasteiger partial charge in [0.25, 0.3) is 5.91 Å². The van der Waals surface area contributed by atoms with Crippen LogP contribution in [0.25, 0.3) is 0 Å². The van der Waals surface area contributed by atoms with Crippen molar-refractivity contribution >= 4 is 5.91 Å². The van der Waals surface area contributed by atoms with Crippen LogP contribution in [0.15, 0.2) is 24.3 Å². The molecule has 0 radical (unpaired) electrons. The number of benzene rings is 1. The second-order valence-corrected chi connectivity index (χ2v) is 5.98. The van der Waals surface area contributed by atoms with E-state index in [4.69, 9.17) is 0 Å². The van der Waals surface area contributed by atoms with Gasteiger partial charge < -0.3 is 4.90 Å². The van der Waals surface area contributed by atoms with Crippen LogP contribution in [-0.4, -0.2) is 23.9 Å². The first kappa shape index (κ1) is 12.6. The first-order valence-corrected chi connectivity index (χ1v) is 7.24. The van der Waals surface area contributed by atoms with E-state index in [-0.39, 0.29) is 11.5 Å². The van der Waals surface area contributed by atoms with Crippen LogP contribution >= 0.6 is 0 Å². The summed E-state index contributed by atoms with van der Waals surface area (Å²) in [6.45, 7) is 1.57. The summed E-state index contributed by atoms with van der Waals surface area (Å²) in [6, 6.07) is 6.28. The normalized spacial score (nSPS) is 21.8. The van der Waals surface area contributed by atoms with Crippen LogP contribution in [0.4, 0.5) is 4.39 Å². The molecule has 1 spiro atoms. The van der Waals surface area contributed by atoms with E-state index in [1.165, 1.54) is 31.7 Å². The van der Waals surface area contributed by atoms with E-state index in [9.17, 15) is 9.18 Å². The Morgan fingerprint density at radius 2 is 1.68 bits per heavy atom. The standard InChI is InChI=1S/C16H20FNO/c17-14-6-2-1-5-13(14)15(19)18-11-9-16(10-12-18)7-3-4-8-16/h1-2,5-6H,3-4,7-12H2. The van der Waals surface area contributed by atoms with Crippen LogP contribution in [0.5, 0.6) is 0 Å². The Morgan fingerprint density at radius 1 is 1.05 bits per heavy atom. The van der Waals surface area contributed by atoms with Gasteiger partial charge in [-0.1, -0.05) is 25.0 Å². The largest absolute Gasteiger partial charge is 0.339 e. The molecule has 2 aliphatic rings. The Labute approximate surface area is 113 Å². The summed E-state index contributed by atoms with van der Waals surface area (Å²) in [5.74, 6) is -0.556. The summed E-state index contributed by atoms with van der Waals surface area (Å²) in [5, 5.41) is 0. The second-order valence-electron chi connectivity index (χ2n) is 5.98. The molecule has 1 aromatic rings. The van der Waals surface area contributed by atoms with Crippen molar-refractivity contribution in [1.82, 2.24) is 4.90 Å². The minimum absolute atomic E-state index is 0.147. The number of rotatable bonds is 1. The quantitative estimate of drug-likeness (QED) is 0.756. The topological polar surface area (TPSA) is 20.3 Å². The molecule has 3 heteroatoms. The third-order valence-electron chi connectivity index (χ3n) is 4.88. The molecule has 3 rings (SSSR count). The molecule has 1 heterocycles. The predicted molar refractivity (Wildman–Crippen MR) is 72.4 cm³/mol. The van der Waals surface area contributed by atoms with Crippen molar-refractivity contribution in [2.75, 3.05) is 13.1 Å². The number of piperidine rings is 1. The number of halogens is 1. The molecule has 19 heavy (non-hydrogen) atoms. The lowest BCUT2D eigenvalue weighted by molar-refractivity contribution is 0.0583. The summed E-state index contributed by atoms with van der Waals surface area (Å²) in [6.07, 6.45) is 7.48. The maximum atomic E-state index is 13.6. The fraction of sp³-hybridized carbons (Fsp3) is 0.562. The first-order chi connectivity index (χ1) is 9.20. The van der Waals surface area contributed by atoms with Gasteiger partial charge >= 0.3 is 0 Å². The van der Waals surface area contributed by atoms with Crippen molar-refractivity contribution in [3.63, 3.8) is 0 Å². The Bertz CT molecular complexity index is 469. The molecule has 0 bridgehead atoms. The van der Waals surface area contributed by atoms with Gasteiger partial charge in [-0.15, -0.1) is 0 Å². The van der Waals surface area contributed by atoms with Gasteiger partial charge in [-0.2, -0.15) is 0 Å². The lowest BCUT2D eigenvalue weighted by Crippen LogP contribution is -2.42. The molecule has 1 aromatic carbocycles. The van der Waals surface area contributed by atoms with Crippen LogP contribution in [0.3, 0.4) is 0 Å². The zero-order valence-corrected chi connectivity index (χ0v) is 11.2. The van der Waals surface area contributed by atoms with E-state index in [1.54, 1.807) is 18.2 Å². The SMILES string of the molecule is O=C(c1ccccc1F)N1CCC2(CCCC2)CC1. The molecule has 0 N–H and O–H groups in total. The molecule has 2 fully saturated rings. The Balaban J connectivity index is 1.68. The van der Waals surface area contributed by atoms with E-state index >= 15 is 0 Å². The average Bonchev–Trinajstić information content (AvgIpc) is 2.88. The van der Waals surface area contributed by atoms with Crippen molar-refractivity contribution in [1.29, 1.82) is 0 Å². The molecule has 1 saturated carbocycles. The molecule has 1 amide bonds. The minimum Gasteiger partial charge on any atom is -0.339 e. The van der Waals surface area contributed by atoms with Crippen molar-refractivity contribution in [3.05, 3.63) is 35.6 Å². The van der Waals surface area contributed by atoms with Crippen LogP contribution in [0.1, 0.15) is 48.9 Å². The van der Waals surface area contributed by atoms with Crippen molar-refractivity contribution in [3.8, 4) is 0 Å². The second kappa shape index (κ2) is 4.95. The van der Waals surface area contributed by atoms with E-state index in [2.05, 4.69) is 0 Å². The van der Waals surface area contributed by atoms with Crippen molar-refractivity contribution < 1.29 is 9.18 Å². The fourth-order valence-corrected chi connectivity index (χ4v) is 3.61. The minimum atomic E-state index is -0.409. The molecule has 0 aromatic heterocycles. The number of carbonyl (C=O) groups excluding carboxylic acids is 1. The highest BCUT2D eigenvalue weighted by Gasteiger charge is 2.38. The molecular weight excluding hydrogens is 241 g/mol. The summed E-state index contributed by atoms with van der Waals surface area (Å²) in [7, 11) is 0. The van der Waals surface area contributed by atoms with Crippen molar-refractivity contribution in [2.24, 2.45) is 5.41 Å². The highest BCUT2D eigenvalue weighted by molar-refractivity contribution is 5.94. The van der Waals surface area contributed by atoms with Gasteiger partial charge in [0.1, 0.15) is 5.82 Å². The molecule has 1 saturated heterocycles. The lowest BCUT2D eigenvalue weighted by Gasteiger charge is -2.39. The number of hydrogen-bond donors (Lipinski definition) is 0. The van der Waals surface area contributed by atoms with Gasteiger partial charge in [0.15, 0.2) is 0 Å². The predicted octanol–water partition coefficient (Wildman–Crippen LogP) is 3.62. The van der Waals surface area contributed by atoms with Gasteiger partial charge in [0, 0.05) is 13.1 Å². The van der Waals surface area contributed by atoms with Gasteiger partial charge in [-0.05, 0) is 43.2 Å². The highest BCUT2D eigenvalue weighted by atomic mass is 19.1. The third-order valence-corrected chi connectivity index (χ3v) is 4.88. The summed E-state index contributed by atoms with van der Waals surface area (Å²) in [5.41, 5.74) is 0.705. The summed E-state index contributed by atoms with van der Waals surface area (Å²) >= 11 is 0. The first-order valence-electron chi connectivity index (χ1n) is 7.24. The zero-order chi connectivity index (χ0) is 13.3. The van der Waals surface area contributed by atoms with Gasteiger partial charge in [-0.25, -0.2) is 4.39 Å². The van der Waals surface area contributed by atoms with Gasteiger partial charge in [0.05, 0.1) is 5.56 Å². The number of amides is 1. The maximum absolute atomic E-state index is 13.6. The number of nitrogens with zero attached hydrogens (tertiary/aromatic N) is 1. The molecular formula is C16H20FNO. The number of hydrogen-bond acceptors (Lipinski definition) is 1. The molecule has 102 valence electrons. The zero-order valence-electron chi connectivity index (χ0n) is 11.2. The van der Waals surface area contributed by atoms with E-state index < -0.39 is 5.82 Å². The number of likely N-dealkylation sites (tertiary alicyclic amines) is 1. The monoisotopic (exact) mass is 261 g/mol. The summed E-state index contributed by atoms with van der Waals surface area (Å²) < 4.78 is 13.6. The molecule has 1 aliphatic carbocycles. The molecule has 0 atom stereocenters. The van der Waals surface area contributed by atoms with E-state index in [0.717, 1.165) is 25.9 Å². The third kappa shape index (κ3) is 2.38. The Kier molecular flexibility index (Phi) is 3.29. The van der Waals surface area contributed by atoms with E-state index in [0.29, 0.717) is 5.41 Å². The fourth-order valence-electron chi connectivity index (χ4n) is 3.61. The Morgan fingerprint density at radius 3 is 2.32 bits per heavy atom. The van der Waals surface area contributed by atoms with Crippen LogP contribution < -0.4 is 0 Å². The Hall–Kier alpha value is -1.38. The molecule has 2 nitrogen and oxygen atoms in total. The maximum Gasteiger partial charge on any atom is 0.256 e. The lowest BCUT2D eigenvalue weighted by atomic mass is 9.77. The average molecular weight is 261 g/mol. The highest BCUT2D eigenvalue weighted by Crippen LogP contribution is 2.46. The van der Waals surface area contributed by atoms with E-state index in [1.807, 2.05) is 4.90 Å².